The summed E-state index contributed by atoms with van der Waals surface area (Å²) in [6, 6.07) is 13.3. The lowest BCUT2D eigenvalue weighted by atomic mass is 10.1. The lowest BCUT2D eigenvalue weighted by molar-refractivity contribution is 0.567. The first-order chi connectivity index (χ1) is 9.38. The minimum atomic E-state index is -3.55. The lowest BCUT2D eigenvalue weighted by Crippen LogP contribution is -2.26. The number of nitrogens with one attached hydrogen (secondary N) is 1. The monoisotopic (exact) mass is 373 g/mol. The minimum absolute atomic E-state index is 0.231. The van der Waals surface area contributed by atoms with Gasteiger partial charge in [0.1, 0.15) is 0 Å². The molecule has 0 fully saturated rings. The summed E-state index contributed by atoms with van der Waals surface area (Å²) in [5.41, 5.74) is 0.818. The van der Waals surface area contributed by atoms with Gasteiger partial charge in [-0.1, -0.05) is 39.7 Å². The average molecular weight is 375 g/mol. The summed E-state index contributed by atoms with van der Waals surface area (Å²) in [7, 11) is -3.55. The molecule has 0 radical (unpaired) electrons. The van der Waals surface area contributed by atoms with Crippen molar-refractivity contribution in [1.82, 2.24) is 4.72 Å². The largest absolute Gasteiger partial charge is 0.241 e. The minimum Gasteiger partial charge on any atom is -0.207 e. The number of rotatable bonds is 4. The van der Waals surface area contributed by atoms with Crippen molar-refractivity contribution in [1.29, 1.82) is 0 Å². The van der Waals surface area contributed by atoms with Gasteiger partial charge in [0.25, 0.3) is 0 Å². The molecule has 2 rings (SSSR count). The molecule has 0 aliphatic carbocycles. The SMILES string of the molecule is C[C@H](NS(=O)(=O)c1ccc(Br)cc1)c1cccc(Cl)c1. The van der Waals surface area contributed by atoms with Gasteiger partial charge in [-0.3, -0.25) is 0 Å². The van der Waals surface area contributed by atoms with Crippen molar-refractivity contribution in [2.24, 2.45) is 0 Å². The molecule has 0 saturated heterocycles. The van der Waals surface area contributed by atoms with Crippen LogP contribution in [0.5, 0.6) is 0 Å². The first-order valence-corrected chi connectivity index (χ1v) is 8.57. The summed E-state index contributed by atoms with van der Waals surface area (Å²) in [4.78, 5) is 0.231. The number of hydrogen-bond acceptors (Lipinski definition) is 2. The maximum absolute atomic E-state index is 12.3. The zero-order chi connectivity index (χ0) is 14.8. The molecule has 3 nitrogen and oxygen atoms in total. The predicted octanol–water partition coefficient (Wildman–Crippen LogP) is 4.14. The van der Waals surface area contributed by atoms with Crippen LogP contribution in [0.25, 0.3) is 0 Å². The maximum Gasteiger partial charge on any atom is 0.241 e. The summed E-state index contributed by atoms with van der Waals surface area (Å²) < 4.78 is 28.0. The second-order valence-electron chi connectivity index (χ2n) is 4.35. The van der Waals surface area contributed by atoms with Crippen molar-refractivity contribution in [3.8, 4) is 0 Å². The van der Waals surface area contributed by atoms with Crippen LogP contribution in [-0.4, -0.2) is 8.42 Å². The molecular weight excluding hydrogens is 362 g/mol. The molecule has 0 amide bonds. The summed E-state index contributed by atoms with van der Waals surface area (Å²) >= 11 is 9.19. The molecule has 1 atom stereocenters. The fourth-order valence-corrected chi connectivity index (χ4v) is 3.45. The molecule has 0 aromatic heterocycles. The smallest absolute Gasteiger partial charge is 0.207 e. The normalized spacial score (nSPS) is 13.2. The van der Waals surface area contributed by atoms with Crippen LogP contribution in [0.4, 0.5) is 0 Å². The summed E-state index contributed by atoms with van der Waals surface area (Å²) in [6.07, 6.45) is 0. The first-order valence-electron chi connectivity index (χ1n) is 5.92. The van der Waals surface area contributed by atoms with E-state index in [-0.39, 0.29) is 10.9 Å². The molecule has 106 valence electrons. The van der Waals surface area contributed by atoms with Crippen LogP contribution in [0.3, 0.4) is 0 Å². The third-order valence-electron chi connectivity index (χ3n) is 2.80. The molecule has 2 aromatic rings. The van der Waals surface area contributed by atoms with E-state index in [4.69, 9.17) is 11.6 Å². The van der Waals surface area contributed by atoms with Gasteiger partial charge in [-0.2, -0.15) is 0 Å². The van der Waals surface area contributed by atoms with E-state index in [9.17, 15) is 8.42 Å². The fourth-order valence-electron chi connectivity index (χ4n) is 1.76. The second-order valence-corrected chi connectivity index (χ2v) is 7.42. The van der Waals surface area contributed by atoms with Gasteiger partial charge < -0.3 is 0 Å². The number of hydrogen-bond donors (Lipinski definition) is 1. The first kappa shape index (κ1) is 15.5. The van der Waals surface area contributed by atoms with Gasteiger partial charge in [0.15, 0.2) is 0 Å². The molecule has 0 aliphatic heterocycles. The lowest BCUT2D eigenvalue weighted by Gasteiger charge is -2.15. The van der Waals surface area contributed by atoms with E-state index in [2.05, 4.69) is 20.7 Å². The van der Waals surface area contributed by atoms with Crippen LogP contribution in [0.15, 0.2) is 57.9 Å². The van der Waals surface area contributed by atoms with Gasteiger partial charge in [-0.15, -0.1) is 0 Å². The van der Waals surface area contributed by atoms with E-state index in [0.717, 1.165) is 10.0 Å². The average Bonchev–Trinajstić information content (AvgIpc) is 2.38. The third-order valence-corrected chi connectivity index (χ3v) is 5.12. The van der Waals surface area contributed by atoms with Gasteiger partial charge in [0.2, 0.25) is 10.0 Å². The number of sulfonamides is 1. The van der Waals surface area contributed by atoms with Crippen molar-refractivity contribution in [3.63, 3.8) is 0 Å². The van der Waals surface area contributed by atoms with Gasteiger partial charge in [0.05, 0.1) is 4.90 Å². The van der Waals surface area contributed by atoms with Crippen molar-refractivity contribution < 1.29 is 8.42 Å². The molecule has 0 spiro atoms. The topological polar surface area (TPSA) is 46.2 Å². The Bertz CT molecular complexity index is 701. The zero-order valence-electron chi connectivity index (χ0n) is 10.7. The predicted molar refractivity (Wildman–Crippen MR) is 84.3 cm³/mol. The third kappa shape index (κ3) is 3.82. The molecule has 6 heteroatoms. The second kappa shape index (κ2) is 6.26. The maximum atomic E-state index is 12.3. The molecule has 20 heavy (non-hydrogen) atoms. The van der Waals surface area contributed by atoms with E-state index in [1.54, 1.807) is 49.4 Å². The van der Waals surface area contributed by atoms with E-state index in [0.29, 0.717) is 5.02 Å². The molecule has 0 unspecified atom stereocenters. The van der Waals surface area contributed by atoms with Crippen molar-refractivity contribution in [3.05, 3.63) is 63.6 Å². The quantitative estimate of drug-likeness (QED) is 0.874. The Balaban J connectivity index is 2.22. The van der Waals surface area contributed by atoms with Gasteiger partial charge in [-0.05, 0) is 48.9 Å². The summed E-state index contributed by atoms with van der Waals surface area (Å²) in [5.74, 6) is 0. The van der Waals surface area contributed by atoms with Crippen molar-refractivity contribution in [2.75, 3.05) is 0 Å². The van der Waals surface area contributed by atoms with E-state index >= 15 is 0 Å². The van der Waals surface area contributed by atoms with E-state index in [1.807, 2.05) is 6.07 Å². The van der Waals surface area contributed by atoms with Crippen molar-refractivity contribution >= 4 is 37.6 Å². The highest BCUT2D eigenvalue weighted by atomic mass is 79.9. The van der Waals surface area contributed by atoms with E-state index in [1.165, 1.54) is 0 Å². The van der Waals surface area contributed by atoms with Crippen LogP contribution < -0.4 is 4.72 Å². The summed E-state index contributed by atoms with van der Waals surface area (Å²) in [6.45, 7) is 1.78. The van der Waals surface area contributed by atoms with Crippen molar-refractivity contribution in [2.45, 2.75) is 17.9 Å². The zero-order valence-corrected chi connectivity index (χ0v) is 13.8. The highest BCUT2D eigenvalue weighted by Crippen LogP contribution is 2.21. The molecule has 1 N–H and O–H groups in total. The molecular formula is C14H13BrClNO2S. The van der Waals surface area contributed by atoms with Gasteiger partial charge in [-0.25, -0.2) is 13.1 Å². The summed E-state index contributed by atoms with van der Waals surface area (Å²) in [5, 5.41) is 0.581. The molecule has 0 aliphatic rings. The Kier molecular flexibility index (Phi) is 4.86. The fraction of sp³-hybridized carbons (Fsp3) is 0.143. The Morgan fingerprint density at radius 2 is 1.80 bits per heavy atom. The Morgan fingerprint density at radius 3 is 2.40 bits per heavy atom. The highest BCUT2D eigenvalue weighted by molar-refractivity contribution is 9.10. The molecule has 2 aromatic carbocycles. The van der Waals surface area contributed by atoms with Crippen LogP contribution in [0.2, 0.25) is 5.02 Å². The van der Waals surface area contributed by atoms with Gasteiger partial charge in [0, 0.05) is 15.5 Å². The van der Waals surface area contributed by atoms with Crippen LogP contribution in [-0.2, 0) is 10.0 Å². The number of benzene rings is 2. The Labute approximate surface area is 132 Å². The van der Waals surface area contributed by atoms with Gasteiger partial charge >= 0.3 is 0 Å². The molecule has 0 heterocycles. The van der Waals surface area contributed by atoms with Crippen LogP contribution in [0, 0.1) is 0 Å². The molecule has 0 saturated carbocycles. The number of halogens is 2. The standard InChI is InChI=1S/C14H13BrClNO2S/c1-10(11-3-2-4-13(16)9-11)17-20(18,19)14-7-5-12(15)6-8-14/h2-10,17H,1H3/t10-/m0/s1. The Morgan fingerprint density at radius 1 is 1.15 bits per heavy atom. The van der Waals surface area contributed by atoms with E-state index < -0.39 is 10.0 Å². The van der Waals surface area contributed by atoms with Crippen LogP contribution >= 0.6 is 27.5 Å². The Hall–Kier alpha value is -0.880. The molecule has 0 bridgehead atoms. The van der Waals surface area contributed by atoms with Crippen LogP contribution in [0.1, 0.15) is 18.5 Å². The highest BCUT2D eigenvalue weighted by Gasteiger charge is 2.18.